The number of aromatic nitrogens is 1. The third kappa shape index (κ3) is 2.31. The van der Waals surface area contributed by atoms with Gasteiger partial charge in [-0.1, -0.05) is 0 Å². The van der Waals surface area contributed by atoms with Crippen LogP contribution in [0, 0.1) is 5.82 Å². The molecule has 0 N–H and O–H groups in total. The summed E-state index contributed by atoms with van der Waals surface area (Å²) in [6.45, 7) is 0.290. The maximum atomic E-state index is 12.6. The predicted molar refractivity (Wildman–Crippen MR) is 55.2 cm³/mol. The summed E-state index contributed by atoms with van der Waals surface area (Å²) in [4.78, 5) is 11.7. The molecule has 0 fully saturated rings. The number of hydrogen-bond acceptors (Lipinski definition) is 1. The van der Waals surface area contributed by atoms with Gasteiger partial charge in [0.25, 0.3) is 0 Å². The van der Waals surface area contributed by atoms with E-state index >= 15 is 0 Å². The van der Waals surface area contributed by atoms with Gasteiger partial charge in [-0.25, -0.2) is 4.39 Å². The van der Waals surface area contributed by atoms with Gasteiger partial charge in [0.05, 0.1) is 6.54 Å². The van der Waals surface area contributed by atoms with Crippen molar-refractivity contribution in [2.45, 2.75) is 6.54 Å². The van der Waals surface area contributed by atoms with Gasteiger partial charge >= 0.3 is 0 Å². The lowest BCUT2D eigenvalue weighted by atomic mass is 10.1. The number of hydrogen-bond donors (Lipinski definition) is 0. The van der Waals surface area contributed by atoms with Gasteiger partial charge in [0, 0.05) is 18.0 Å². The summed E-state index contributed by atoms with van der Waals surface area (Å²) < 4.78 is 14.4. The molecule has 0 saturated heterocycles. The number of carbonyl (C=O) groups excluding carboxylic acids is 1. The fourth-order valence-corrected chi connectivity index (χ4v) is 1.37. The highest BCUT2D eigenvalue weighted by Crippen LogP contribution is 2.05. The Bertz CT molecular complexity index is 445. The van der Waals surface area contributed by atoms with E-state index in [4.69, 9.17) is 0 Å². The van der Waals surface area contributed by atoms with Gasteiger partial charge in [-0.15, -0.1) is 0 Å². The summed E-state index contributed by atoms with van der Waals surface area (Å²) in [5.41, 5.74) is 0.533. The lowest BCUT2D eigenvalue weighted by Crippen LogP contribution is -2.08. The van der Waals surface area contributed by atoms with Crippen molar-refractivity contribution in [1.29, 1.82) is 0 Å². The zero-order valence-corrected chi connectivity index (χ0v) is 8.06. The Balaban J connectivity index is 2.11. The second-order valence-corrected chi connectivity index (χ2v) is 3.29. The van der Waals surface area contributed by atoms with Crippen molar-refractivity contribution in [2.75, 3.05) is 0 Å². The molecular weight excluding hydrogens is 193 g/mol. The number of benzene rings is 1. The van der Waals surface area contributed by atoms with E-state index < -0.39 is 0 Å². The number of halogens is 1. The van der Waals surface area contributed by atoms with Crippen molar-refractivity contribution in [1.82, 2.24) is 4.57 Å². The van der Waals surface area contributed by atoms with E-state index in [2.05, 4.69) is 0 Å². The van der Waals surface area contributed by atoms with Crippen LogP contribution in [0.25, 0.3) is 0 Å². The molecule has 15 heavy (non-hydrogen) atoms. The fraction of sp³-hybridized carbons (Fsp3) is 0.0833. The van der Waals surface area contributed by atoms with Crippen molar-refractivity contribution >= 4 is 5.78 Å². The first-order valence-electron chi connectivity index (χ1n) is 4.65. The smallest absolute Gasteiger partial charge is 0.182 e. The van der Waals surface area contributed by atoms with Gasteiger partial charge in [-0.2, -0.15) is 0 Å². The lowest BCUT2D eigenvalue weighted by Gasteiger charge is -2.02. The molecule has 0 radical (unpaired) electrons. The van der Waals surface area contributed by atoms with Crippen LogP contribution >= 0.6 is 0 Å². The molecule has 2 nitrogen and oxygen atoms in total. The van der Waals surface area contributed by atoms with Crippen LogP contribution < -0.4 is 0 Å². The Labute approximate surface area is 87.0 Å². The van der Waals surface area contributed by atoms with E-state index in [1.807, 2.05) is 24.5 Å². The van der Waals surface area contributed by atoms with Crippen LogP contribution in [0.5, 0.6) is 0 Å². The van der Waals surface area contributed by atoms with Crippen molar-refractivity contribution in [3.8, 4) is 0 Å². The number of Topliss-reactive ketones (excluding diaryl/α,β-unsaturated/α-hetero) is 1. The van der Waals surface area contributed by atoms with E-state index in [0.29, 0.717) is 12.1 Å². The number of rotatable bonds is 3. The molecule has 0 bridgehead atoms. The quantitative estimate of drug-likeness (QED) is 0.702. The molecule has 1 heterocycles. The van der Waals surface area contributed by atoms with Crippen LogP contribution in [0.1, 0.15) is 10.4 Å². The first kappa shape index (κ1) is 9.65. The summed E-state index contributed by atoms with van der Waals surface area (Å²) in [6, 6.07) is 9.31. The van der Waals surface area contributed by atoms with Crippen LogP contribution in [0.3, 0.4) is 0 Å². The summed E-state index contributed by atoms with van der Waals surface area (Å²) in [5.74, 6) is -0.348. The van der Waals surface area contributed by atoms with Gasteiger partial charge in [0.2, 0.25) is 0 Å². The molecular formula is C12H10FNO. The van der Waals surface area contributed by atoms with Gasteiger partial charge in [0.15, 0.2) is 5.78 Å². The van der Waals surface area contributed by atoms with Crippen molar-refractivity contribution in [3.05, 3.63) is 60.2 Å². The van der Waals surface area contributed by atoms with E-state index in [1.54, 1.807) is 4.57 Å². The van der Waals surface area contributed by atoms with Crippen LogP contribution in [0.2, 0.25) is 0 Å². The van der Waals surface area contributed by atoms with Gasteiger partial charge in [-0.05, 0) is 36.4 Å². The maximum absolute atomic E-state index is 12.6. The Morgan fingerprint density at radius 3 is 2.33 bits per heavy atom. The Kier molecular flexibility index (Phi) is 2.63. The van der Waals surface area contributed by atoms with Crippen LogP contribution in [-0.2, 0) is 6.54 Å². The van der Waals surface area contributed by atoms with Crippen molar-refractivity contribution in [3.63, 3.8) is 0 Å². The summed E-state index contributed by atoms with van der Waals surface area (Å²) >= 11 is 0. The molecule has 1 aromatic carbocycles. The number of carbonyl (C=O) groups is 1. The third-order valence-corrected chi connectivity index (χ3v) is 2.16. The monoisotopic (exact) mass is 203 g/mol. The minimum Gasteiger partial charge on any atom is -0.347 e. The van der Waals surface area contributed by atoms with Crippen molar-refractivity contribution in [2.24, 2.45) is 0 Å². The SMILES string of the molecule is O=C(Cn1cccc1)c1ccc(F)cc1. The molecule has 0 amide bonds. The Hall–Kier alpha value is -1.90. The molecule has 0 spiro atoms. The first-order chi connectivity index (χ1) is 7.25. The molecule has 0 aliphatic heterocycles. The van der Waals surface area contributed by atoms with Crippen LogP contribution in [0.4, 0.5) is 4.39 Å². The molecule has 0 aliphatic carbocycles. The van der Waals surface area contributed by atoms with E-state index in [9.17, 15) is 9.18 Å². The highest BCUT2D eigenvalue weighted by Gasteiger charge is 2.05. The average Bonchev–Trinajstić information content (AvgIpc) is 2.71. The minimum atomic E-state index is -0.326. The molecule has 1 aromatic heterocycles. The van der Waals surface area contributed by atoms with E-state index in [1.165, 1.54) is 24.3 Å². The standard InChI is InChI=1S/C12H10FNO/c13-11-5-3-10(4-6-11)12(15)9-14-7-1-2-8-14/h1-8H,9H2. The second kappa shape index (κ2) is 4.09. The molecule has 2 rings (SSSR count). The van der Waals surface area contributed by atoms with Gasteiger partial charge in [-0.3, -0.25) is 4.79 Å². The van der Waals surface area contributed by atoms with Crippen molar-refractivity contribution < 1.29 is 9.18 Å². The van der Waals surface area contributed by atoms with E-state index in [-0.39, 0.29) is 11.6 Å². The van der Waals surface area contributed by atoms with Crippen LogP contribution in [-0.4, -0.2) is 10.4 Å². The molecule has 0 aliphatic rings. The zero-order valence-electron chi connectivity index (χ0n) is 8.06. The number of ketones is 1. The minimum absolute atomic E-state index is 0.0220. The van der Waals surface area contributed by atoms with Gasteiger partial charge < -0.3 is 4.57 Å². The molecule has 0 unspecified atom stereocenters. The third-order valence-electron chi connectivity index (χ3n) is 2.16. The van der Waals surface area contributed by atoms with Gasteiger partial charge in [0.1, 0.15) is 5.82 Å². The zero-order chi connectivity index (χ0) is 10.7. The van der Waals surface area contributed by atoms with Crippen LogP contribution in [0.15, 0.2) is 48.8 Å². The molecule has 76 valence electrons. The highest BCUT2D eigenvalue weighted by molar-refractivity contribution is 5.95. The maximum Gasteiger partial charge on any atom is 0.182 e. The Morgan fingerprint density at radius 1 is 1.13 bits per heavy atom. The second-order valence-electron chi connectivity index (χ2n) is 3.29. The molecule has 2 aromatic rings. The lowest BCUT2D eigenvalue weighted by molar-refractivity contribution is 0.0972. The Morgan fingerprint density at radius 2 is 1.73 bits per heavy atom. The fourth-order valence-electron chi connectivity index (χ4n) is 1.37. The molecule has 3 heteroatoms. The highest BCUT2D eigenvalue weighted by atomic mass is 19.1. The largest absolute Gasteiger partial charge is 0.347 e. The summed E-state index contributed by atoms with van der Waals surface area (Å²) in [5, 5.41) is 0. The first-order valence-corrected chi connectivity index (χ1v) is 4.65. The number of nitrogens with zero attached hydrogens (tertiary/aromatic N) is 1. The normalized spacial score (nSPS) is 10.2. The summed E-state index contributed by atoms with van der Waals surface area (Å²) in [7, 11) is 0. The average molecular weight is 203 g/mol. The van der Waals surface area contributed by atoms with E-state index in [0.717, 1.165) is 0 Å². The topological polar surface area (TPSA) is 22.0 Å². The molecule has 0 saturated carbocycles. The summed E-state index contributed by atoms with van der Waals surface area (Å²) in [6.07, 6.45) is 3.64. The molecule has 0 atom stereocenters. The predicted octanol–water partition coefficient (Wildman–Crippen LogP) is 2.51.